The van der Waals surface area contributed by atoms with Gasteiger partial charge in [0.15, 0.2) is 0 Å². The maximum Gasteiger partial charge on any atom is 0.251 e. The average Bonchev–Trinajstić information content (AvgIpc) is 3.47. The molecule has 0 bridgehead atoms. The molecule has 1 heterocycles. The summed E-state index contributed by atoms with van der Waals surface area (Å²) in [4.78, 5) is 26.6. The van der Waals surface area contributed by atoms with Crippen LogP contribution >= 0.6 is 0 Å². The Morgan fingerprint density at radius 1 is 0.872 bits per heavy atom. The number of nitrogens with two attached hydrogens (primary N) is 1. The molecule has 0 radical (unpaired) electrons. The van der Waals surface area contributed by atoms with E-state index in [0.29, 0.717) is 74.9 Å². The van der Waals surface area contributed by atoms with E-state index in [0.717, 1.165) is 25.1 Å². The molecule has 1 aromatic heterocycles. The summed E-state index contributed by atoms with van der Waals surface area (Å²) in [5.74, 6) is 2.08. The van der Waals surface area contributed by atoms with E-state index in [1.807, 2.05) is 12.1 Å². The topological polar surface area (TPSA) is 148 Å². The molecule has 2 fully saturated rings. The maximum absolute atomic E-state index is 12.7. The summed E-state index contributed by atoms with van der Waals surface area (Å²) in [6, 6.07) is 7.69. The van der Waals surface area contributed by atoms with Crippen LogP contribution in [0, 0.1) is 5.92 Å². The molecule has 0 atom stereocenters. The average molecular weight is 541 g/mol. The van der Waals surface area contributed by atoms with Crippen molar-refractivity contribution in [1.82, 2.24) is 20.3 Å². The number of amides is 1. The summed E-state index contributed by atoms with van der Waals surface area (Å²) in [6.45, 7) is 3.66. The summed E-state index contributed by atoms with van der Waals surface area (Å²) in [5.41, 5.74) is 6.65. The van der Waals surface area contributed by atoms with Gasteiger partial charge >= 0.3 is 0 Å². The van der Waals surface area contributed by atoms with E-state index in [9.17, 15) is 4.79 Å². The van der Waals surface area contributed by atoms with Gasteiger partial charge < -0.3 is 36.5 Å². The first-order chi connectivity index (χ1) is 19.2. The van der Waals surface area contributed by atoms with Gasteiger partial charge in [0.05, 0.1) is 26.4 Å². The van der Waals surface area contributed by atoms with Gasteiger partial charge in [0.1, 0.15) is 0 Å². The van der Waals surface area contributed by atoms with Crippen LogP contribution in [0.1, 0.15) is 68.1 Å². The number of hydrogen-bond acceptors (Lipinski definition) is 10. The number of aromatic nitrogens is 3. The highest BCUT2D eigenvalue weighted by Crippen LogP contribution is 2.25. The number of carbonyl (C=O) groups excluding carboxylic acids is 1. The van der Waals surface area contributed by atoms with Crippen molar-refractivity contribution >= 4 is 29.4 Å². The Bertz CT molecular complexity index is 1010. The van der Waals surface area contributed by atoms with E-state index in [2.05, 4.69) is 36.2 Å². The third kappa shape index (κ3) is 10.2. The Morgan fingerprint density at radius 2 is 1.59 bits per heavy atom. The van der Waals surface area contributed by atoms with Crippen molar-refractivity contribution in [1.29, 1.82) is 0 Å². The Hall–Kier alpha value is -3.02. The normalized spacial score (nSPS) is 16.2. The highest BCUT2D eigenvalue weighted by molar-refractivity contribution is 5.95. The smallest absolute Gasteiger partial charge is 0.251 e. The van der Waals surface area contributed by atoms with Crippen LogP contribution in [-0.2, 0) is 9.47 Å². The molecule has 214 valence electrons. The number of rotatable bonds is 16. The van der Waals surface area contributed by atoms with Crippen LogP contribution in [0.15, 0.2) is 24.3 Å². The van der Waals surface area contributed by atoms with E-state index < -0.39 is 0 Å². The molecule has 6 N–H and O–H groups in total. The zero-order valence-electron chi connectivity index (χ0n) is 22.9. The van der Waals surface area contributed by atoms with Gasteiger partial charge in [0, 0.05) is 36.9 Å². The standard InChI is InChI=1S/C28H44N8O3/c29-13-15-38-17-18-39-16-14-30-25(37)22-9-6-12-24(19-22)33-28-35-26(31-20-21-7-2-1-3-8-21)34-27(36-28)32-23-10-4-5-11-23/h6,9,12,19,21,23H,1-5,7-8,10-11,13-18,20,29H2,(H,30,37)(H3,31,32,33,34,35,36). The Labute approximate surface area is 231 Å². The Morgan fingerprint density at radius 3 is 2.38 bits per heavy atom. The second kappa shape index (κ2) is 16.2. The fourth-order valence-electron chi connectivity index (χ4n) is 5.07. The molecule has 2 aliphatic rings. The number of hydrogen-bond donors (Lipinski definition) is 5. The zero-order valence-corrected chi connectivity index (χ0v) is 22.9. The molecule has 0 aliphatic heterocycles. The van der Waals surface area contributed by atoms with Crippen LogP contribution in [-0.4, -0.2) is 73.0 Å². The van der Waals surface area contributed by atoms with Crippen molar-refractivity contribution in [3.8, 4) is 0 Å². The zero-order chi connectivity index (χ0) is 27.1. The van der Waals surface area contributed by atoms with Crippen molar-refractivity contribution in [2.24, 2.45) is 11.7 Å². The van der Waals surface area contributed by atoms with Gasteiger partial charge in [-0.05, 0) is 49.8 Å². The monoisotopic (exact) mass is 540 g/mol. The van der Waals surface area contributed by atoms with E-state index >= 15 is 0 Å². The summed E-state index contributed by atoms with van der Waals surface area (Å²) < 4.78 is 10.7. The number of anilines is 4. The van der Waals surface area contributed by atoms with E-state index in [-0.39, 0.29) is 5.91 Å². The molecule has 0 saturated heterocycles. The second-order valence-corrected chi connectivity index (χ2v) is 10.3. The van der Waals surface area contributed by atoms with E-state index in [1.165, 1.54) is 44.9 Å². The van der Waals surface area contributed by atoms with Gasteiger partial charge in [-0.15, -0.1) is 0 Å². The molecular formula is C28H44N8O3. The Kier molecular flexibility index (Phi) is 12.0. The molecule has 2 saturated carbocycles. The fourth-order valence-corrected chi connectivity index (χ4v) is 5.07. The largest absolute Gasteiger partial charge is 0.378 e. The molecule has 11 heteroatoms. The van der Waals surface area contributed by atoms with Crippen LogP contribution in [0.3, 0.4) is 0 Å². The van der Waals surface area contributed by atoms with Gasteiger partial charge in [-0.1, -0.05) is 38.2 Å². The predicted octanol–water partition coefficient (Wildman–Crippen LogP) is 3.68. The first kappa shape index (κ1) is 29.0. The van der Waals surface area contributed by atoms with Gasteiger partial charge in [-0.3, -0.25) is 4.79 Å². The van der Waals surface area contributed by atoms with Gasteiger partial charge in [0.25, 0.3) is 5.91 Å². The minimum absolute atomic E-state index is 0.171. The van der Waals surface area contributed by atoms with E-state index in [1.54, 1.807) is 12.1 Å². The molecule has 2 aliphatic carbocycles. The second-order valence-electron chi connectivity index (χ2n) is 10.3. The molecule has 0 unspecified atom stereocenters. The number of benzene rings is 1. The summed E-state index contributed by atoms with van der Waals surface area (Å²) in [7, 11) is 0. The van der Waals surface area contributed by atoms with Crippen molar-refractivity contribution < 1.29 is 14.3 Å². The molecule has 4 rings (SSSR count). The van der Waals surface area contributed by atoms with Crippen molar-refractivity contribution in [2.45, 2.75) is 63.8 Å². The highest BCUT2D eigenvalue weighted by atomic mass is 16.5. The lowest BCUT2D eigenvalue weighted by Crippen LogP contribution is -2.27. The third-order valence-corrected chi connectivity index (χ3v) is 7.14. The van der Waals surface area contributed by atoms with Crippen LogP contribution in [0.4, 0.5) is 23.5 Å². The van der Waals surface area contributed by atoms with Crippen LogP contribution < -0.4 is 27.0 Å². The predicted molar refractivity (Wildman–Crippen MR) is 154 cm³/mol. The lowest BCUT2D eigenvalue weighted by molar-refractivity contribution is 0.0511. The SMILES string of the molecule is NCCOCCOCCNC(=O)c1cccc(Nc2nc(NCC3CCCCC3)nc(NC3CCCC3)n2)c1. The van der Waals surface area contributed by atoms with Crippen LogP contribution in [0.2, 0.25) is 0 Å². The molecular weight excluding hydrogens is 496 g/mol. The third-order valence-electron chi connectivity index (χ3n) is 7.14. The molecule has 11 nitrogen and oxygen atoms in total. The number of nitrogens with zero attached hydrogens (tertiary/aromatic N) is 3. The lowest BCUT2D eigenvalue weighted by atomic mass is 9.89. The van der Waals surface area contributed by atoms with Crippen molar-refractivity contribution in [3.05, 3.63) is 29.8 Å². The summed E-state index contributed by atoms with van der Waals surface area (Å²) in [6.07, 6.45) is 11.1. The number of ether oxygens (including phenoxy) is 2. The molecule has 0 spiro atoms. The maximum atomic E-state index is 12.7. The van der Waals surface area contributed by atoms with Crippen LogP contribution in [0.25, 0.3) is 0 Å². The van der Waals surface area contributed by atoms with Gasteiger partial charge in [-0.2, -0.15) is 15.0 Å². The van der Waals surface area contributed by atoms with Gasteiger partial charge in [-0.25, -0.2) is 0 Å². The molecule has 2 aromatic rings. The summed E-state index contributed by atoms with van der Waals surface area (Å²) in [5, 5.41) is 13.1. The quantitative estimate of drug-likeness (QED) is 0.200. The van der Waals surface area contributed by atoms with Gasteiger partial charge in [0.2, 0.25) is 17.8 Å². The summed E-state index contributed by atoms with van der Waals surface area (Å²) >= 11 is 0. The first-order valence-electron chi connectivity index (χ1n) is 14.5. The minimum atomic E-state index is -0.171. The number of nitrogens with one attached hydrogen (secondary N) is 4. The van der Waals surface area contributed by atoms with Crippen molar-refractivity contribution in [3.63, 3.8) is 0 Å². The van der Waals surface area contributed by atoms with Crippen molar-refractivity contribution in [2.75, 3.05) is 62.0 Å². The minimum Gasteiger partial charge on any atom is -0.378 e. The number of carbonyl (C=O) groups is 1. The lowest BCUT2D eigenvalue weighted by Gasteiger charge is -2.22. The van der Waals surface area contributed by atoms with E-state index in [4.69, 9.17) is 15.2 Å². The highest BCUT2D eigenvalue weighted by Gasteiger charge is 2.18. The fraction of sp³-hybridized carbons (Fsp3) is 0.643. The molecule has 39 heavy (non-hydrogen) atoms. The Balaban J connectivity index is 1.33. The molecule has 1 aromatic carbocycles. The molecule has 1 amide bonds. The van der Waals surface area contributed by atoms with Crippen LogP contribution in [0.5, 0.6) is 0 Å². The first-order valence-corrected chi connectivity index (χ1v) is 14.5.